The molecule has 20 heavy (non-hydrogen) atoms. The van der Waals surface area contributed by atoms with Gasteiger partial charge in [0.15, 0.2) is 0 Å². The Kier molecular flexibility index (Phi) is 3.91. The minimum atomic E-state index is -0.516. The number of hydrogen-bond acceptors (Lipinski definition) is 5. The van der Waals surface area contributed by atoms with Crippen molar-refractivity contribution in [2.45, 2.75) is 13.0 Å². The Morgan fingerprint density at radius 2 is 2.15 bits per heavy atom. The Balaban J connectivity index is 2.27. The second kappa shape index (κ2) is 5.47. The summed E-state index contributed by atoms with van der Waals surface area (Å²) in [6.45, 7) is 3.96. The van der Waals surface area contributed by atoms with Gasteiger partial charge in [0.2, 0.25) is 0 Å². The predicted molar refractivity (Wildman–Crippen MR) is 76.7 cm³/mol. The second-order valence-corrected chi connectivity index (χ2v) is 5.48. The van der Waals surface area contributed by atoms with E-state index in [1.165, 1.54) is 6.07 Å². The van der Waals surface area contributed by atoms with E-state index >= 15 is 0 Å². The van der Waals surface area contributed by atoms with E-state index in [9.17, 15) is 10.1 Å². The first-order valence-corrected chi connectivity index (χ1v) is 6.54. The molecule has 0 aromatic heterocycles. The lowest BCUT2D eigenvalue weighted by Gasteiger charge is -2.23. The topological polar surface area (TPSA) is 73.4 Å². The Hall–Kier alpha value is -2.13. The summed E-state index contributed by atoms with van der Waals surface area (Å²) in [7, 11) is 4.11. The maximum Gasteiger partial charge on any atom is 0.287 e. The van der Waals surface area contributed by atoms with Gasteiger partial charge in [-0.1, -0.05) is 6.92 Å². The molecule has 0 N–H and O–H groups in total. The molecule has 0 aliphatic carbocycles. The molecule has 2 atom stereocenters. The molecular formula is C14H18N4O2. The summed E-state index contributed by atoms with van der Waals surface area (Å²) in [6.07, 6.45) is 0. The van der Waals surface area contributed by atoms with Crippen LogP contribution in [0, 0.1) is 27.4 Å². The van der Waals surface area contributed by atoms with Crippen LogP contribution in [0.4, 0.5) is 11.4 Å². The Morgan fingerprint density at radius 1 is 1.45 bits per heavy atom. The molecular weight excluding hydrogens is 256 g/mol. The molecule has 0 saturated carbocycles. The molecule has 106 valence electrons. The molecule has 0 spiro atoms. The summed E-state index contributed by atoms with van der Waals surface area (Å²) in [5.41, 5.74) is 0.865. The highest BCUT2D eigenvalue weighted by molar-refractivity contribution is 5.60. The van der Waals surface area contributed by atoms with Crippen LogP contribution in [0.15, 0.2) is 18.2 Å². The van der Waals surface area contributed by atoms with Crippen molar-refractivity contribution >= 4 is 11.4 Å². The predicted octanol–water partition coefficient (Wildman–Crippen LogP) is 1.85. The first-order valence-electron chi connectivity index (χ1n) is 6.54. The smallest absolute Gasteiger partial charge is 0.287 e. The van der Waals surface area contributed by atoms with Crippen LogP contribution in [-0.4, -0.2) is 43.0 Å². The molecule has 1 aliphatic heterocycles. The van der Waals surface area contributed by atoms with Crippen molar-refractivity contribution in [2.75, 3.05) is 32.1 Å². The highest BCUT2D eigenvalue weighted by Crippen LogP contribution is 2.29. The van der Waals surface area contributed by atoms with Crippen LogP contribution in [0.5, 0.6) is 0 Å². The number of rotatable bonds is 3. The van der Waals surface area contributed by atoms with Gasteiger partial charge in [-0.3, -0.25) is 10.1 Å². The van der Waals surface area contributed by atoms with E-state index in [1.54, 1.807) is 12.1 Å². The summed E-state index contributed by atoms with van der Waals surface area (Å²) in [5.74, 6) is 0.519. The number of likely N-dealkylation sites (N-methyl/N-ethyl adjacent to an activating group) is 1. The van der Waals surface area contributed by atoms with Crippen LogP contribution in [0.3, 0.4) is 0 Å². The zero-order chi connectivity index (χ0) is 14.9. The van der Waals surface area contributed by atoms with E-state index in [1.807, 2.05) is 6.07 Å². The van der Waals surface area contributed by atoms with Crippen molar-refractivity contribution in [2.24, 2.45) is 5.92 Å². The highest BCUT2D eigenvalue weighted by Gasteiger charge is 2.31. The third-order valence-corrected chi connectivity index (χ3v) is 3.90. The monoisotopic (exact) mass is 274 g/mol. The largest absolute Gasteiger partial charge is 0.370 e. The number of anilines is 1. The van der Waals surface area contributed by atoms with Gasteiger partial charge in [-0.25, -0.2) is 0 Å². The van der Waals surface area contributed by atoms with Gasteiger partial charge >= 0.3 is 0 Å². The molecule has 2 rings (SSSR count). The number of nitriles is 1. The average molecular weight is 274 g/mol. The van der Waals surface area contributed by atoms with Crippen molar-refractivity contribution in [3.63, 3.8) is 0 Å². The fourth-order valence-electron chi connectivity index (χ4n) is 2.80. The lowest BCUT2D eigenvalue weighted by molar-refractivity contribution is -0.385. The number of hydrogen-bond donors (Lipinski definition) is 0. The van der Waals surface area contributed by atoms with Gasteiger partial charge in [0, 0.05) is 30.9 Å². The average Bonchev–Trinajstić information content (AvgIpc) is 2.80. The zero-order valence-corrected chi connectivity index (χ0v) is 11.9. The van der Waals surface area contributed by atoms with Gasteiger partial charge in [-0.2, -0.15) is 5.26 Å². The van der Waals surface area contributed by atoms with E-state index in [4.69, 9.17) is 5.26 Å². The normalized spacial score (nSPS) is 22.1. The lowest BCUT2D eigenvalue weighted by atomic mass is 10.1. The Labute approximate surface area is 118 Å². The van der Waals surface area contributed by atoms with Gasteiger partial charge < -0.3 is 9.80 Å². The summed E-state index contributed by atoms with van der Waals surface area (Å²) >= 11 is 0. The first-order chi connectivity index (χ1) is 9.43. The summed E-state index contributed by atoms with van der Waals surface area (Å²) in [5, 5.41) is 19.9. The molecule has 1 aromatic rings. The minimum Gasteiger partial charge on any atom is -0.370 e. The molecule has 0 amide bonds. The second-order valence-electron chi connectivity index (χ2n) is 5.48. The van der Waals surface area contributed by atoms with Crippen LogP contribution < -0.4 is 4.90 Å². The zero-order valence-electron chi connectivity index (χ0n) is 11.9. The maximum absolute atomic E-state index is 10.8. The third-order valence-electron chi connectivity index (χ3n) is 3.90. The maximum atomic E-state index is 10.8. The molecule has 6 heteroatoms. The molecule has 1 heterocycles. The molecule has 0 bridgehead atoms. The number of nitrogens with zero attached hydrogens (tertiary/aromatic N) is 4. The van der Waals surface area contributed by atoms with Crippen LogP contribution >= 0.6 is 0 Å². The van der Waals surface area contributed by atoms with Crippen molar-refractivity contribution in [1.82, 2.24) is 4.90 Å². The number of benzene rings is 1. The fraction of sp³-hybridized carbons (Fsp3) is 0.500. The first kappa shape index (κ1) is 14.3. The summed E-state index contributed by atoms with van der Waals surface area (Å²) < 4.78 is 0. The van der Waals surface area contributed by atoms with Gasteiger partial charge in [-0.05, 0) is 32.1 Å². The third kappa shape index (κ3) is 2.58. The van der Waals surface area contributed by atoms with E-state index in [2.05, 4.69) is 30.8 Å². The molecule has 1 saturated heterocycles. The molecule has 0 radical (unpaired) electrons. The SMILES string of the molecule is CC1CN(c2ccc([N+](=O)[O-])c(C#N)c2)CC1N(C)C. The van der Waals surface area contributed by atoms with Crippen molar-refractivity contribution < 1.29 is 4.92 Å². The number of nitro benzene ring substituents is 1. The van der Waals surface area contributed by atoms with E-state index in [0.29, 0.717) is 12.0 Å². The molecule has 6 nitrogen and oxygen atoms in total. The van der Waals surface area contributed by atoms with E-state index < -0.39 is 4.92 Å². The van der Waals surface area contributed by atoms with E-state index in [0.717, 1.165) is 18.8 Å². The van der Waals surface area contributed by atoms with Gasteiger partial charge in [0.25, 0.3) is 5.69 Å². The van der Waals surface area contributed by atoms with Gasteiger partial charge in [0.1, 0.15) is 11.6 Å². The van der Waals surface area contributed by atoms with Gasteiger partial charge in [-0.15, -0.1) is 0 Å². The summed E-state index contributed by atoms with van der Waals surface area (Å²) in [4.78, 5) is 14.7. The summed E-state index contributed by atoms with van der Waals surface area (Å²) in [6, 6.07) is 7.12. The van der Waals surface area contributed by atoms with Crippen molar-refractivity contribution in [3.05, 3.63) is 33.9 Å². The minimum absolute atomic E-state index is 0.119. The van der Waals surface area contributed by atoms with Crippen LogP contribution in [0.1, 0.15) is 12.5 Å². The highest BCUT2D eigenvalue weighted by atomic mass is 16.6. The molecule has 1 aliphatic rings. The van der Waals surface area contributed by atoms with Crippen LogP contribution in [-0.2, 0) is 0 Å². The van der Waals surface area contributed by atoms with E-state index in [-0.39, 0.29) is 11.3 Å². The van der Waals surface area contributed by atoms with Gasteiger partial charge in [0.05, 0.1) is 4.92 Å². The molecule has 2 unspecified atom stereocenters. The van der Waals surface area contributed by atoms with Crippen molar-refractivity contribution in [1.29, 1.82) is 5.26 Å². The van der Waals surface area contributed by atoms with Crippen molar-refractivity contribution in [3.8, 4) is 6.07 Å². The quantitative estimate of drug-likeness (QED) is 0.621. The molecule has 1 fully saturated rings. The Morgan fingerprint density at radius 3 is 2.65 bits per heavy atom. The Bertz CT molecular complexity index is 565. The number of nitro groups is 1. The molecule has 1 aromatic carbocycles. The standard InChI is InChI=1S/C14H18N4O2/c1-10-8-17(9-14(10)16(2)3)12-4-5-13(18(19)20)11(6-12)7-15/h4-6,10,14H,8-9H2,1-3H3. The lowest BCUT2D eigenvalue weighted by Crippen LogP contribution is -2.34. The van der Waals surface area contributed by atoms with Crippen LogP contribution in [0.2, 0.25) is 0 Å². The van der Waals surface area contributed by atoms with Crippen LogP contribution in [0.25, 0.3) is 0 Å². The fourth-order valence-corrected chi connectivity index (χ4v) is 2.80.